The molecular weight excluding hydrogens is 625 g/mol. The molecule has 0 heterocycles. The first kappa shape index (κ1) is 33.4. The Labute approximate surface area is 269 Å². The summed E-state index contributed by atoms with van der Waals surface area (Å²) in [6, 6.07) is 16.5. The predicted octanol–water partition coefficient (Wildman–Crippen LogP) is 6.07. The number of halogens is 2. The third kappa shape index (κ3) is 8.16. The largest absolute Gasteiger partial charge is 0.493 e. The molecule has 1 fully saturated rings. The van der Waals surface area contributed by atoms with Crippen LogP contribution < -0.4 is 19.1 Å². The molecule has 9 nitrogen and oxygen atoms in total. The van der Waals surface area contributed by atoms with Crippen LogP contribution in [0.25, 0.3) is 0 Å². The van der Waals surface area contributed by atoms with Gasteiger partial charge in [-0.05, 0) is 73.9 Å². The average molecular weight is 663 g/mol. The van der Waals surface area contributed by atoms with Crippen molar-refractivity contribution in [2.75, 3.05) is 25.1 Å². The van der Waals surface area contributed by atoms with Crippen LogP contribution in [0, 0.1) is 0 Å². The molecule has 4 rings (SSSR count). The zero-order valence-electron chi connectivity index (χ0n) is 25.0. The molecule has 1 aliphatic carbocycles. The molecule has 1 unspecified atom stereocenters. The monoisotopic (exact) mass is 661 g/mol. The van der Waals surface area contributed by atoms with Gasteiger partial charge in [0.2, 0.25) is 11.8 Å². The van der Waals surface area contributed by atoms with E-state index in [1.165, 1.54) is 49.5 Å². The van der Waals surface area contributed by atoms with Crippen molar-refractivity contribution in [2.24, 2.45) is 0 Å². The highest BCUT2D eigenvalue weighted by molar-refractivity contribution is 7.92. The molecule has 1 N–H and O–H groups in total. The quantitative estimate of drug-likeness (QED) is 0.253. The number of sulfonamides is 1. The Morgan fingerprint density at radius 3 is 2.07 bits per heavy atom. The maximum absolute atomic E-state index is 14.1. The van der Waals surface area contributed by atoms with E-state index in [0.717, 1.165) is 42.0 Å². The van der Waals surface area contributed by atoms with Gasteiger partial charge in [0.15, 0.2) is 11.5 Å². The number of carbonyl (C=O) groups excluding carboxylic acids is 2. The molecule has 1 saturated carbocycles. The van der Waals surface area contributed by atoms with E-state index in [0.29, 0.717) is 15.8 Å². The molecular formula is C32H37Cl2N3O6S. The van der Waals surface area contributed by atoms with Crippen LogP contribution in [0.4, 0.5) is 5.69 Å². The lowest BCUT2D eigenvalue weighted by Crippen LogP contribution is -2.53. The summed E-state index contributed by atoms with van der Waals surface area (Å²) in [6.45, 7) is 1.15. The van der Waals surface area contributed by atoms with Crippen molar-refractivity contribution in [3.63, 3.8) is 0 Å². The molecule has 12 heteroatoms. The van der Waals surface area contributed by atoms with Crippen LogP contribution >= 0.6 is 23.2 Å². The molecule has 0 bridgehead atoms. The molecule has 0 radical (unpaired) electrons. The van der Waals surface area contributed by atoms with E-state index in [9.17, 15) is 18.0 Å². The Bertz CT molecular complexity index is 1550. The van der Waals surface area contributed by atoms with Crippen molar-refractivity contribution in [2.45, 2.75) is 62.6 Å². The zero-order valence-corrected chi connectivity index (χ0v) is 27.3. The summed E-state index contributed by atoms with van der Waals surface area (Å²) < 4.78 is 39.9. The fraction of sp³-hybridized carbons (Fsp3) is 0.375. The third-order valence-electron chi connectivity index (χ3n) is 7.72. The second kappa shape index (κ2) is 15.0. The van der Waals surface area contributed by atoms with E-state index in [4.69, 9.17) is 32.7 Å². The van der Waals surface area contributed by atoms with Gasteiger partial charge >= 0.3 is 0 Å². The predicted molar refractivity (Wildman–Crippen MR) is 172 cm³/mol. The normalized spacial score (nSPS) is 14.4. The van der Waals surface area contributed by atoms with Gasteiger partial charge in [-0.25, -0.2) is 8.42 Å². The number of hydrogen-bond donors (Lipinski definition) is 1. The van der Waals surface area contributed by atoms with Crippen LogP contribution in [0.3, 0.4) is 0 Å². The Morgan fingerprint density at radius 2 is 1.48 bits per heavy atom. The lowest BCUT2D eigenvalue weighted by molar-refractivity contribution is -0.139. The van der Waals surface area contributed by atoms with Crippen molar-refractivity contribution in [1.82, 2.24) is 10.2 Å². The second-order valence-electron chi connectivity index (χ2n) is 10.7. The fourth-order valence-corrected chi connectivity index (χ4v) is 6.86. The van der Waals surface area contributed by atoms with E-state index >= 15 is 0 Å². The highest BCUT2D eigenvalue weighted by atomic mass is 35.5. The minimum atomic E-state index is -4.31. The summed E-state index contributed by atoms with van der Waals surface area (Å²) in [5.74, 6) is -0.286. The number of benzene rings is 3. The van der Waals surface area contributed by atoms with Gasteiger partial charge in [-0.15, -0.1) is 0 Å². The molecule has 0 aromatic heterocycles. The van der Waals surface area contributed by atoms with Gasteiger partial charge in [0.25, 0.3) is 10.0 Å². The topological polar surface area (TPSA) is 105 Å². The van der Waals surface area contributed by atoms with Crippen molar-refractivity contribution < 1.29 is 27.5 Å². The molecule has 2 amide bonds. The van der Waals surface area contributed by atoms with Crippen LogP contribution in [0.2, 0.25) is 10.0 Å². The van der Waals surface area contributed by atoms with Gasteiger partial charge < -0.3 is 19.7 Å². The third-order valence-corrected chi connectivity index (χ3v) is 10.00. The second-order valence-corrected chi connectivity index (χ2v) is 13.4. The summed E-state index contributed by atoms with van der Waals surface area (Å²) in [5.41, 5.74) is 0.962. The molecule has 44 heavy (non-hydrogen) atoms. The van der Waals surface area contributed by atoms with Gasteiger partial charge in [0.05, 0.1) is 24.8 Å². The number of methoxy groups -OCH3 is 2. The number of rotatable bonds is 12. The molecule has 0 aliphatic heterocycles. The van der Waals surface area contributed by atoms with Crippen molar-refractivity contribution >= 4 is 50.7 Å². The SMILES string of the molecule is COc1ccc(S(=O)(=O)N(CC(=O)N(Cc2ccc(Cl)cc2)C(C)C(=O)NC2CCCCC2)c2ccc(Cl)cc2)cc1OC. The Kier molecular flexibility index (Phi) is 11.4. The summed E-state index contributed by atoms with van der Waals surface area (Å²) in [6.07, 6.45) is 4.99. The van der Waals surface area contributed by atoms with E-state index in [2.05, 4.69) is 5.32 Å². The molecule has 0 spiro atoms. The highest BCUT2D eigenvalue weighted by Crippen LogP contribution is 2.33. The zero-order chi connectivity index (χ0) is 31.9. The maximum atomic E-state index is 14.1. The smallest absolute Gasteiger partial charge is 0.264 e. The van der Waals surface area contributed by atoms with Crippen molar-refractivity contribution in [1.29, 1.82) is 0 Å². The molecule has 3 aromatic rings. The fourth-order valence-electron chi connectivity index (χ4n) is 5.18. The van der Waals surface area contributed by atoms with Gasteiger partial charge in [-0.1, -0.05) is 54.6 Å². The minimum absolute atomic E-state index is 0.0437. The van der Waals surface area contributed by atoms with Gasteiger partial charge in [0.1, 0.15) is 12.6 Å². The number of nitrogens with one attached hydrogen (secondary N) is 1. The number of nitrogens with zero attached hydrogens (tertiary/aromatic N) is 2. The number of carbonyl (C=O) groups is 2. The van der Waals surface area contributed by atoms with E-state index in [1.54, 1.807) is 43.3 Å². The van der Waals surface area contributed by atoms with Gasteiger partial charge in [-0.2, -0.15) is 0 Å². The van der Waals surface area contributed by atoms with E-state index < -0.39 is 28.5 Å². The Morgan fingerprint density at radius 1 is 0.886 bits per heavy atom. The number of ether oxygens (including phenoxy) is 2. The molecule has 1 atom stereocenters. The van der Waals surface area contributed by atoms with Crippen molar-refractivity contribution in [3.05, 3.63) is 82.3 Å². The van der Waals surface area contributed by atoms with Crippen LogP contribution in [0.5, 0.6) is 11.5 Å². The van der Waals surface area contributed by atoms with E-state index in [-0.39, 0.29) is 34.8 Å². The first-order chi connectivity index (χ1) is 21.0. The van der Waals surface area contributed by atoms with Crippen LogP contribution in [-0.2, 0) is 26.2 Å². The highest BCUT2D eigenvalue weighted by Gasteiger charge is 2.33. The van der Waals surface area contributed by atoms with Crippen LogP contribution in [0.15, 0.2) is 71.6 Å². The summed E-state index contributed by atoms with van der Waals surface area (Å²) >= 11 is 12.2. The first-order valence-electron chi connectivity index (χ1n) is 14.4. The molecule has 3 aromatic carbocycles. The number of anilines is 1. The standard InChI is InChI=1S/C32H37Cl2N3O6S/c1-22(32(39)35-26-7-5-4-6-8-26)36(20-23-9-11-24(33)12-10-23)31(38)21-37(27-15-13-25(34)14-16-27)44(40,41)28-17-18-29(42-2)30(19-28)43-3/h9-19,22,26H,4-8,20-21H2,1-3H3,(H,35,39). The van der Waals surface area contributed by atoms with Crippen molar-refractivity contribution in [3.8, 4) is 11.5 Å². The van der Waals surface area contributed by atoms with Gasteiger partial charge in [-0.3, -0.25) is 13.9 Å². The molecule has 0 saturated heterocycles. The van der Waals surface area contributed by atoms with Crippen LogP contribution in [0.1, 0.15) is 44.6 Å². The molecule has 236 valence electrons. The lowest BCUT2D eigenvalue weighted by atomic mass is 9.95. The summed E-state index contributed by atoms with van der Waals surface area (Å²) in [7, 11) is -1.46. The van der Waals surface area contributed by atoms with E-state index in [1.807, 2.05) is 0 Å². The average Bonchev–Trinajstić information content (AvgIpc) is 3.03. The summed E-state index contributed by atoms with van der Waals surface area (Å²) in [5, 5.41) is 4.03. The first-order valence-corrected chi connectivity index (χ1v) is 16.6. The molecule has 1 aliphatic rings. The maximum Gasteiger partial charge on any atom is 0.264 e. The summed E-state index contributed by atoms with van der Waals surface area (Å²) in [4.78, 5) is 28.9. The van der Waals surface area contributed by atoms with Gasteiger partial charge in [0, 0.05) is 28.7 Å². The lowest BCUT2D eigenvalue weighted by Gasteiger charge is -2.33. The van der Waals surface area contributed by atoms with Crippen LogP contribution in [-0.4, -0.2) is 58.0 Å². The number of hydrogen-bond acceptors (Lipinski definition) is 6. The minimum Gasteiger partial charge on any atom is -0.493 e. The Balaban J connectivity index is 1.70. The number of amides is 2. The Hall–Kier alpha value is -3.47.